The number of carbonyl (C=O) groups excluding carboxylic acids is 2. The summed E-state index contributed by atoms with van der Waals surface area (Å²) in [7, 11) is 0. The van der Waals surface area contributed by atoms with Gasteiger partial charge in [-0.1, -0.05) is 74.7 Å². The summed E-state index contributed by atoms with van der Waals surface area (Å²) < 4.78 is 22.0. The predicted molar refractivity (Wildman–Crippen MR) is 124 cm³/mol. The Bertz CT molecular complexity index is 1150. The lowest BCUT2D eigenvalue weighted by Crippen LogP contribution is -2.16. The van der Waals surface area contributed by atoms with Crippen molar-refractivity contribution in [2.75, 3.05) is 26.4 Å². The Morgan fingerprint density at radius 1 is 0.781 bits per heavy atom. The summed E-state index contributed by atoms with van der Waals surface area (Å²) in [6.45, 7) is 8.89. The molecule has 0 spiro atoms. The van der Waals surface area contributed by atoms with E-state index in [1.165, 1.54) is 12.2 Å². The quantitative estimate of drug-likeness (QED) is 0.246. The fourth-order valence-electron chi connectivity index (χ4n) is 3.47. The predicted octanol–water partition coefficient (Wildman–Crippen LogP) is 4.77. The number of fused-ring (bicyclic) bond motifs is 2. The highest BCUT2D eigenvalue weighted by molar-refractivity contribution is 6.12. The largest absolute Gasteiger partial charge is 0.481 e. The molecule has 6 heteroatoms. The van der Waals surface area contributed by atoms with Gasteiger partial charge in [0, 0.05) is 21.5 Å². The molecule has 0 fully saturated rings. The van der Waals surface area contributed by atoms with Crippen molar-refractivity contribution in [1.82, 2.24) is 0 Å². The maximum Gasteiger partial charge on any atom is 0.344 e. The highest BCUT2D eigenvalue weighted by atomic mass is 16.6. The van der Waals surface area contributed by atoms with Gasteiger partial charge in [-0.15, -0.1) is 0 Å². The SMILES string of the molecule is C=CCOC(=O)COc1c2ccccc2c(OCC(=O)OCC=C)c2c(CC)cccc12. The van der Waals surface area contributed by atoms with Crippen molar-refractivity contribution < 1.29 is 28.5 Å². The van der Waals surface area contributed by atoms with Gasteiger partial charge in [0.25, 0.3) is 0 Å². The molecule has 3 rings (SSSR count). The van der Waals surface area contributed by atoms with Crippen LogP contribution >= 0.6 is 0 Å². The third-order valence-electron chi connectivity index (χ3n) is 4.81. The summed E-state index contributed by atoms with van der Waals surface area (Å²) in [6.07, 6.45) is 3.75. The number of ether oxygens (including phenoxy) is 4. The minimum Gasteiger partial charge on any atom is -0.481 e. The number of carbonyl (C=O) groups is 2. The van der Waals surface area contributed by atoms with Gasteiger partial charge in [0.15, 0.2) is 13.2 Å². The van der Waals surface area contributed by atoms with E-state index in [9.17, 15) is 9.59 Å². The van der Waals surface area contributed by atoms with Crippen molar-refractivity contribution in [2.45, 2.75) is 13.3 Å². The Labute approximate surface area is 187 Å². The molecule has 0 saturated carbocycles. The van der Waals surface area contributed by atoms with Crippen LogP contribution in [0.2, 0.25) is 0 Å². The fraction of sp³-hybridized carbons (Fsp3) is 0.231. The second kappa shape index (κ2) is 11.0. The van der Waals surface area contributed by atoms with E-state index < -0.39 is 11.9 Å². The van der Waals surface area contributed by atoms with Crippen LogP contribution in [0.15, 0.2) is 67.8 Å². The van der Waals surface area contributed by atoms with E-state index in [2.05, 4.69) is 13.2 Å². The molecule has 0 N–H and O–H groups in total. The van der Waals surface area contributed by atoms with Crippen molar-refractivity contribution in [3.8, 4) is 11.5 Å². The number of hydrogen-bond acceptors (Lipinski definition) is 6. The number of hydrogen-bond donors (Lipinski definition) is 0. The molecule has 3 aromatic carbocycles. The maximum absolute atomic E-state index is 12.1. The van der Waals surface area contributed by atoms with Gasteiger partial charge in [0.1, 0.15) is 24.7 Å². The highest BCUT2D eigenvalue weighted by Crippen LogP contribution is 2.44. The average Bonchev–Trinajstić information content (AvgIpc) is 2.82. The molecule has 0 heterocycles. The van der Waals surface area contributed by atoms with Crippen LogP contribution in [0.3, 0.4) is 0 Å². The summed E-state index contributed by atoms with van der Waals surface area (Å²) in [6, 6.07) is 13.4. The van der Waals surface area contributed by atoms with Gasteiger partial charge in [-0.3, -0.25) is 0 Å². The number of esters is 2. The molecule has 0 unspecified atom stereocenters. The van der Waals surface area contributed by atoms with Gasteiger partial charge < -0.3 is 18.9 Å². The Morgan fingerprint density at radius 2 is 1.31 bits per heavy atom. The van der Waals surface area contributed by atoms with E-state index in [0.717, 1.165) is 33.5 Å². The van der Waals surface area contributed by atoms with Crippen molar-refractivity contribution in [3.05, 3.63) is 73.3 Å². The molecule has 0 aromatic heterocycles. The third-order valence-corrected chi connectivity index (χ3v) is 4.81. The van der Waals surface area contributed by atoms with Crippen molar-refractivity contribution >= 4 is 33.5 Å². The van der Waals surface area contributed by atoms with Crippen LogP contribution in [0.25, 0.3) is 21.5 Å². The van der Waals surface area contributed by atoms with E-state index in [4.69, 9.17) is 18.9 Å². The zero-order valence-electron chi connectivity index (χ0n) is 18.1. The summed E-state index contributed by atoms with van der Waals surface area (Å²) in [5.74, 6) is 0.161. The summed E-state index contributed by atoms with van der Waals surface area (Å²) in [5.41, 5.74) is 1.03. The van der Waals surface area contributed by atoms with Crippen molar-refractivity contribution in [1.29, 1.82) is 0 Å². The molecule has 0 bridgehead atoms. The Balaban J connectivity index is 2.10. The van der Waals surface area contributed by atoms with Crippen LogP contribution < -0.4 is 9.47 Å². The van der Waals surface area contributed by atoms with Crippen LogP contribution in [-0.2, 0) is 25.5 Å². The molecule has 166 valence electrons. The fourth-order valence-corrected chi connectivity index (χ4v) is 3.47. The lowest BCUT2D eigenvalue weighted by atomic mass is 9.96. The van der Waals surface area contributed by atoms with Gasteiger partial charge in [0.05, 0.1) is 0 Å². The first kappa shape index (κ1) is 22.9. The molecule has 3 aromatic rings. The van der Waals surface area contributed by atoms with Gasteiger partial charge in [0.2, 0.25) is 0 Å². The Morgan fingerprint density at radius 3 is 1.88 bits per heavy atom. The van der Waals surface area contributed by atoms with E-state index in [1.54, 1.807) is 0 Å². The smallest absolute Gasteiger partial charge is 0.344 e. The van der Waals surface area contributed by atoms with E-state index in [0.29, 0.717) is 11.5 Å². The molecule has 0 aliphatic carbocycles. The topological polar surface area (TPSA) is 71.1 Å². The molecule has 0 atom stereocenters. The first-order chi connectivity index (χ1) is 15.6. The molecule has 0 saturated heterocycles. The Kier molecular flexibility index (Phi) is 7.86. The lowest BCUT2D eigenvalue weighted by Gasteiger charge is -2.19. The lowest BCUT2D eigenvalue weighted by molar-refractivity contribution is -0.145. The molecular weight excluding hydrogens is 408 g/mol. The molecule has 0 amide bonds. The van der Waals surface area contributed by atoms with E-state index in [-0.39, 0.29) is 26.4 Å². The van der Waals surface area contributed by atoms with Crippen LogP contribution in [-0.4, -0.2) is 38.4 Å². The molecule has 6 nitrogen and oxygen atoms in total. The van der Waals surface area contributed by atoms with Crippen LogP contribution in [0, 0.1) is 0 Å². The van der Waals surface area contributed by atoms with E-state index in [1.807, 2.05) is 49.4 Å². The molecule has 0 aliphatic heterocycles. The number of benzene rings is 3. The summed E-state index contributed by atoms with van der Waals surface area (Å²) in [5, 5.41) is 3.15. The zero-order valence-corrected chi connectivity index (χ0v) is 18.1. The van der Waals surface area contributed by atoms with Gasteiger partial charge in [-0.05, 0) is 12.0 Å². The minimum atomic E-state index is -0.487. The first-order valence-corrected chi connectivity index (χ1v) is 10.4. The second-order valence-electron chi connectivity index (χ2n) is 6.92. The number of rotatable bonds is 11. The Hall–Kier alpha value is -3.80. The minimum absolute atomic E-state index is 0.123. The monoisotopic (exact) mass is 434 g/mol. The molecule has 0 aliphatic rings. The number of aryl methyl sites for hydroxylation is 1. The van der Waals surface area contributed by atoms with Gasteiger partial charge in [-0.2, -0.15) is 0 Å². The molecule has 0 radical (unpaired) electrons. The molecule has 32 heavy (non-hydrogen) atoms. The van der Waals surface area contributed by atoms with Gasteiger partial charge >= 0.3 is 11.9 Å². The van der Waals surface area contributed by atoms with Crippen molar-refractivity contribution in [3.63, 3.8) is 0 Å². The summed E-state index contributed by atoms with van der Waals surface area (Å²) in [4.78, 5) is 24.1. The van der Waals surface area contributed by atoms with Crippen LogP contribution in [0.5, 0.6) is 11.5 Å². The van der Waals surface area contributed by atoms with Crippen LogP contribution in [0.4, 0.5) is 0 Å². The van der Waals surface area contributed by atoms with Gasteiger partial charge in [-0.25, -0.2) is 9.59 Å². The molecular formula is C26H26O6. The average molecular weight is 434 g/mol. The second-order valence-corrected chi connectivity index (χ2v) is 6.92. The highest BCUT2D eigenvalue weighted by Gasteiger charge is 2.20. The normalized spacial score (nSPS) is 10.5. The summed E-state index contributed by atoms with van der Waals surface area (Å²) >= 11 is 0. The van der Waals surface area contributed by atoms with Crippen LogP contribution in [0.1, 0.15) is 12.5 Å². The zero-order chi connectivity index (χ0) is 22.9. The third kappa shape index (κ3) is 5.09. The standard InChI is InChI=1S/C26H26O6/c1-4-14-29-22(27)16-31-25-19-11-7-8-12-20(19)26(32-17-23(28)30-15-5-2)24-18(6-3)10-9-13-21(24)25/h4-5,7-13H,1-2,6,14-17H2,3H3. The van der Waals surface area contributed by atoms with Crippen molar-refractivity contribution in [2.24, 2.45) is 0 Å². The maximum atomic E-state index is 12.1. The van der Waals surface area contributed by atoms with E-state index >= 15 is 0 Å². The first-order valence-electron chi connectivity index (χ1n) is 10.4.